The van der Waals surface area contributed by atoms with Gasteiger partial charge in [-0.05, 0) is 25.7 Å². The molecule has 0 N–H and O–H groups in total. The Balaban J connectivity index is 0. The predicted molar refractivity (Wildman–Crippen MR) is 81.3 cm³/mol. The van der Waals surface area contributed by atoms with E-state index in [-0.39, 0.29) is 0 Å². The van der Waals surface area contributed by atoms with Crippen molar-refractivity contribution in [3.63, 3.8) is 0 Å². The van der Waals surface area contributed by atoms with Crippen LogP contribution in [-0.2, 0) is 9.47 Å². The minimum Gasteiger partial charge on any atom is -0.381 e. The van der Waals surface area contributed by atoms with E-state index in [0.717, 1.165) is 26.4 Å². The van der Waals surface area contributed by atoms with Crippen molar-refractivity contribution in [3.05, 3.63) is 0 Å². The molecule has 0 saturated heterocycles. The van der Waals surface area contributed by atoms with Crippen LogP contribution >= 0.6 is 0 Å². The van der Waals surface area contributed by atoms with E-state index >= 15 is 0 Å². The van der Waals surface area contributed by atoms with Crippen molar-refractivity contribution in [1.82, 2.24) is 0 Å². The molecule has 0 spiro atoms. The molecule has 0 aliphatic carbocycles. The van der Waals surface area contributed by atoms with Gasteiger partial charge in [0.15, 0.2) is 0 Å². The Kier molecular flexibility index (Phi) is 24.9. The number of unbranched alkanes of at least 4 members (excludes halogenated alkanes) is 4. The molecule has 0 radical (unpaired) electrons. The van der Waals surface area contributed by atoms with Crippen LogP contribution < -0.4 is 0 Å². The van der Waals surface area contributed by atoms with Crippen LogP contribution in [0.5, 0.6) is 0 Å². The van der Waals surface area contributed by atoms with Crippen LogP contribution in [0.1, 0.15) is 79.1 Å². The molecule has 0 heterocycles. The molecule has 112 valence electrons. The minimum absolute atomic E-state index is 0.955. The minimum atomic E-state index is 0.955. The Labute approximate surface area is 115 Å². The average molecular weight is 260 g/mol. The highest BCUT2D eigenvalue weighted by Crippen LogP contribution is 1.92. The fourth-order valence-electron chi connectivity index (χ4n) is 1.19. The van der Waals surface area contributed by atoms with E-state index < -0.39 is 0 Å². The number of ether oxygens (including phenoxy) is 2. The number of rotatable bonds is 12. The van der Waals surface area contributed by atoms with Gasteiger partial charge >= 0.3 is 0 Å². The molecule has 2 heteroatoms. The monoisotopic (exact) mass is 260 g/mol. The van der Waals surface area contributed by atoms with Crippen LogP contribution in [0, 0.1) is 0 Å². The molecule has 0 aromatic rings. The van der Waals surface area contributed by atoms with E-state index in [4.69, 9.17) is 9.47 Å². The van der Waals surface area contributed by atoms with Crippen molar-refractivity contribution in [2.75, 3.05) is 26.4 Å². The molecular weight excluding hydrogens is 224 g/mol. The van der Waals surface area contributed by atoms with Gasteiger partial charge in [-0.25, -0.2) is 0 Å². The maximum Gasteiger partial charge on any atom is 0.0465 e. The van der Waals surface area contributed by atoms with Gasteiger partial charge in [-0.2, -0.15) is 0 Å². The first-order valence-electron chi connectivity index (χ1n) is 7.98. The molecular formula is C16H36O2. The number of hydrogen-bond acceptors (Lipinski definition) is 2. The third-order valence-corrected chi connectivity index (χ3v) is 2.57. The van der Waals surface area contributed by atoms with Gasteiger partial charge in [0.2, 0.25) is 0 Å². The van der Waals surface area contributed by atoms with E-state index in [1.807, 2.05) is 0 Å². The quantitative estimate of drug-likeness (QED) is 0.449. The Morgan fingerprint density at radius 3 is 0.833 bits per heavy atom. The summed E-state index contributed by atoms with van der Waals surface area (Å²) in [5.41, 5.74) is 0. The number of hydrogen-bond donors (Lipinski definition) is 0. The van der Waals surface area contributed by atoms with Crippen LogP contribution in [-0.4, -0.2) is 26.4 Å². The van der Waals surface area contributed by atoms with Crippen LogP contribution in [0.25, 0.3) is 0 Å². The molecule has 0 aromatic carbocycles. The van der Waals surface area contributed by atoms with Gasteiger partial charge in [0.05, 0.1) is 0 Å². The lowest BCUT2D eigenvalue weighted by Gasteiger charge is -1.99. The van der Waals surface area contributed by atoms with Gasteiger partial charge in [0, 0.05) is 26.4 Å². The molecule has 0 unspecified atom stereocenters. The predicted octanol–water partition coefficient (Wildman–Crippen LogP) is 5.21. The first-order chi connectivity index (χ1) is 8.83. The van der Waals surface area contributed by atoms with Crippen molar-refractivity contribution >= 4 is 0 Å². The summed E-state index contributed by atoms with van der Waals surface area (Å²) in [5.74, 6) is 0. The lowest BCUT2D eigenvalue weighted by Crippen LogP contribution is -1.95. The summed E-state index contributed by atoms with van der Waals surface area (Å²) in [6.07, 6.45) is 9.82. The summed E-state index contributed by atoms with van der Waals surface area (Å²) >= 11 is 0. The SMILES string of the molecule is CCCCOCCCC.CCCCOCCCC. The highest BCUT2D eigenvalue weighted by Gasteiger charge is 1.85. The Bertz CT molecular complexity index is 89.7. The summed E-state index contributed by atoms with van der Waals surface area (Å²) in [5, 5.41) is 0. The van der Waals surface area contributed by atoms with Gasteiger partial charge in [-0.3, -0.25) is 0 Å². The van der Waals surface area contributed by atoms with Gasteiger partial charge < -0.3 is 9.47 Å². The summed E-state index contributed by atoms with van der Waals surface area (Å²) in [4.78, 5) is 0. The van der Waals surface area contributed by atoms with E-state index in [9.17, 15) is 0 Å². The third-order valence-electron chi connectivity index (χ3n) is 2.57. The zero-order valence-corrected chi connectivity index (χ0v) is 13.3. The second kappa shape index (κ2) is 22.1. The maximum absolute atomic E-state index is 5.31. The second-order valence-corrected chi connectivity index (χ2v) is 4.64. The maximum atomic E-state index is 5.31. The van der Waals surface area contributed by atoms with Gasteiger partial charge in [-0.15, -0.1) is 0 Å². The first-order valence-corrected chi connectivity index (χ1v) is 7.98. The summed E-state index contributed by atoms with van der Waals surface area (Å²) in [6.45, 7) is 12.6. The molecule has 0 aliphatic heterocycles. The largest absolute Gasteiger partial charge is 0.381 e. The molecule has 0 saturated carbocycles. The van der Waals surface area contributed by atoms with Crippen LogP contribution in [0.3, 0.4) is 0 Å². The molecule has 0 atom stereocenters. The van der Waals surface area contributed by atoms with Crippen molar-refractivity contribution in [2.24, 2.45) is 0 Å². The van der Waals surface area contributed by atoms with Crippen molar-refractivity contribution in [1.29, 1.82) is 0 Å². The average Bonchev–Trinajstić information content (AvgIpc) is 2.39. The summed E-state index contributed by atoms with van der Waals surface area (Å²) < 4.78 is 10.6. The van der Waals surface area contributed by atoms with Crippen molar-refractivity contribution in [3.8, 4) is 0 Å². The fraction of sp³-hybridized carbons (Fsp3) is 1.00. The molecule has 0 rings (SSSR count). The van der Waals surface area contributed by atoms with E-state index in [1.165, 1.54) is 51.4 Å². The highest BCUT2D eigenvalue weighted by molar-refractivity contribution is 4.34. The van der Waals surface area contributed by atoms with Crippen molar-refractivity contribution < 1.29 is 9.47 Å². The Hall–Kier alpha value is -0.0800. The second-order valence-electron chi connectivity index (χ2n) is 4.64. The smallest absolute Gasteiger partial charge is 0.0465 e. The zero-order valence-electron chi connectivity index (χ0n) is 13.3. The van der Waals surface area contributed by atoms with E-state index in [1.54, 1.807) is 0 Å². The molecule has 0 aromatic heterocycles. The van der Waals surface area contributed by atoms with Gasteiger partial charge in [0.25, 0.3) is 0 Å². The Morgan fingerprint density at radius 1 is 0.444 bits per heavy atom. The molecule has 0 amide bonds. The zero-order chi connectivity index (χ0) is 13.9. The summed E-state index contributed by atoms with van der Waals surface area (Å²) in [7, 11) is 0. The third kappa shape index (κ3) is 24.9. The van der Waals surface area contributed by atoms with Crippen LogP contribution in [0.4, 0.5) is 0 Å². The topological polar surface area (TPSA) is 18.5 Å². The lowest BCUT2D eigenvalue weighted by molar-refractivity contribution is 0.128. The van der Waals surface area contributed by atoms with E-state index in [2.05, 4.69) is 27.7 Å². The lowest BCUT2D eigenvalue weighted by atomic mass is 10.3. The van der Waals surface area contributed by atoms with Crippen LogP contribution in [0.15, 0.2) is 0 Å². The van der Waals surface area contributed by atoms with Gasteiger partial charge in [0.1, 0.15) is 0 Å². The first kappa shape index (κ1) is 20.2. The van der Waals surface area contributed by atoms with Crippen LogP contribution in [0.2, 0.25) is 0 Å². The Morgan fingerprint density at radius 2 is 0.667 bits per heavy atom. The normalized spacial score (nSPS) is 10.0. The molecule has 18 heavy (non-hydrogen) atoms. The van der Waals surface area contributed by atoms with Crippen molar-refractivity contribution in [2.45, 2.75) is 79.1 Å². The molecule has 0 bridgehead atoms. The molecule has 2 nitrogen and oxygen atoms in total. The summed E-state index contributed by atoms with van der Waals surface area (Å²) in [6, 6.07) is 0. The van der Waals surface area contributed by atoms with E-state index in [0.29, 0.717) is 0 Å². The molecule has 0 aliphatic rings. The molecule has 0 fully saturated rings. The standard InChI is InChI=1S/2C8H18O/c2*1-3-5-7-9-8-6-4-2/h2*3-8H2,1-2H3. The highest BCUT2D eigenvalue weighted by atomic mass is 16.5. The fourth-order valence-corrected chi connectivity index (χ4v) is 1.19. The van der Waals surface area contributed by atoms with Gasteiger partial charge in [-0.1, -0.05) is 53.4 Å².